The van der Waals surface area contributed by atoms with Crippen molar-refractivity contribution in [2.24, 2.45) is 0 Å². The standard InChI is InChI=1S/C28H28ClN3O/c29-24-18-16-23(17-19-24)28(33)30-20-8-2-5-15-27-31-25-13-6-7-14-26(25)32(27)21-9-12-22-10-3-1-4-11-22/h1,3-4,6-7,9-14,16-19H,2,5,8,15,20-21H2,(H,30,33)/b12-9+. The van der Waals surface area contributed by atoms with Gasteiger partial charge in [-0.25, -0.2) is 4.98 Å². The molecule has 4 aromatic rings. The van der Waals surface area contributed by atoms with Crippen LogP contribution in [-0.2, 0) is 13.0 Å². The zero-order valence-electron chi connectivity index (χ0n) is 18.6. The average molecular weight is 458 g/mol. The number of aryl methyl sites for hydroxylation is 1. The van der Waals surface area contributed by atoms with Crippen LogP contribution in [0.25, 0.3) is 17.1 Å². The first-order valence-electron chi connectivity index (χ1n) is 11.4. The number of nitrogens with zero attached hydrogens (tertiary/aromatic N) is 2. The number of amides is 1. The lowest BCUT2D eigenvalue weighted by Crippen LogP contribution is -2.24. The van der Waals surface area contributed by atoms with E-state index in [2.05, 4.69) is 64.5 Å². The number of unbranched alkanes of at least 4 members (excludes halogenated alkanes) is 2. The van der Waals surface area contributed by atoms with Crippen molar-refractivity contribution in [1.82, 2.24) is 14.9 Å². The first-order chi connectivity index (χ1) is 16.2. The summed E-state index contributed by atoms with van der Waals surface area (Å²) in [6.07, 6.45) is 8.26. The van der Waals surface area contributed by atoms with E-state index < -0.39 is 0 Å². The highest BCUT2D eigenvalue weighted by molar-refractivity contribution is 6.30. The number of imidazole rings is 1. The van der Waals surface area contributed by atoms with E-state index in [4.69, 9.17) is 16.6 Å². The van der Waals surface area contributed by atoms with Crippen molar-refractivity contribution in [3.8, 4) is 0 Å². The minimum absolute atomic E-state index is 0.0568. The van der Waals surface area contributed by atoms with Crippen molar-refractivity contribution in [3.63, 3.8) is 0 Å². The first-order valence-corrected chi connectivity index (χ1v) is 11.8. The van der Waals surface area contributed by atoms with E-state index in [0.717, 1.165) is 43.6 Å². The maximum absolute atomic E-state index is 12.2. The SMILES string of the molecule is O=C(NCCCCCc1nc2ccccc2n1C/C=C/c1ccccc1)c1ccc(Cl)cc1. The van der Waals surface area contributed by atoms with Gasteiger partial charge < -0.3 is 9.88 Å². The van der Waals surface area contributed by atoms with Crippen LogP contribution in [0.1, 0.15) is 41.0 Å². The summed E-state index contributed by atoms with van der Waals surface area (Å²) >= 11 is 5.88. The lowest BCUT2D eigenvalue weighted by Gasteiger charge is -2.08. The van der Waals surface area contributed by atoms with Gasteiger partial charge in [0.15, 0.2) is 0 Å². The molecule has 1 heterocycles. The molecule has 0 radical (unpaired) electrons. The summed E-state index contributed by atoms with van der Waals surface area (Å²) in [5, 5.41) is 3.61. The molecule has 1 N–H and O–H groups in total. The molecular formula is C28H28ClN3O. The second-order valence-corrected chi connectivity index (χ2v) is 8.45. The predicted molar refractivity (Wildman–Crippen MR) is 137 cm³/mol. The summed E-state index contributed by atoms with van der Waals surface area (Å²) in [5.74, 6) is 1.05. The van der Waals surface area contributed by atoms with Gasteiger partial charge in [-0.05, 0) is 54.8 Å². The molecule has 5 heteroatoms. The van der Waals surface area contributed by atoms with Crippen LogP contribution in [0.3, 0.4) is 0 Å². The Labute approximate surface area is 199 Å². The number of fused-ring (bicyclic) bond motifs is 1. The van der Waals surface area contributed by atoms with Gasteiger partial charge >= 0.3 is 0 Å². The molecule has 0 bridgehead atoms. The Kier molecular flexibility index (Phi) is 7.94. The number of hydrogen-bond donors (Lipinski definition) is 1. The highest BCUT2D eigenvalue weighted by Gasteiger charge is 2.09. The van der Waals surface area contributed by atoms with Crippen molar-refractivity contribution in [3.05, 3.63) is 107 Å². The van der Waals surface area contributed by atoms with Gasteiger partial charge in [0.25, 0.3) is 5.91 Å². The smallest absolute Gasteiger partial charge is 0.251 e. The Hall–Kier alpha value is -3.37. The topological polar surface area (TPSA) is 46.9 Å². The zero-order chi connectivity index (χ0) is 22.9. The van der Waals surface area contributed by atoms with Crippen LogP contribution >= 0.6 is 11.6 Å². The van der Waals surface area contributed by atoms with E-state index in [9.17, 15) is 4.79 Å². The van der Waals surface area contributed by atoms with Crippen molar-refractivity contribution < 1.29 is 4.79 Å². The van der Waals surface area contributed by atoms with Crippen LogP contribution < -0.4 is 5.32 Å². The van der Waals surface area contributed by atoms with Crippen LogP contribution in [0.4, 0.5) is 0 Å². The molecule has 0 unspecified atom stereocenters. The van der Waals surface area contributed by atoms with Gasteiger partial charge in [-0.3, -0.25) is 4.79 Å². The summed E-state index contributed by atoms with van der Waals surface area (Å²) in [7, 11) is 0. The molecular weight excluding hydrogens is 430 g/mol. The fourth-order valence-electron chi connectivity index (χ4n) is 3.87. The molecule has 0 atom stereocenters. The molecule has 0 aliphatic carbocycles. The van der Waals surface area contributed by atoms with Gasteiger partial charge in [-0.2, -0.15) is 0 Å². The van der Waals surface area contributed by atoms with Gasteiger partial charge in [0, 0.05) is 30.1 Å². The monoisotopic (exact) mass is 457 g/mol. The average Bonchev–Trinajstić information content (AvgIpc) is 3.19. The third-order valence-electron chi connectivity index (χ3n) is 5.60. The van der Waals surface area contributed by atoms with Gasteiger partial charge in [0.1, 0.15) is 5.82 Å². The van der Waals surface area contributed by atoms with Crippen molar-refractivity contribution in [2.75, 3.05) is 6.54 Å². The fourth-order valence-corrected chi connectivity index (χ4v) is 3.99. The van der Waals surface area contributed by atoms with Crippen LogP contribution in [0.2, 0.25) is 5.02 Å². The van der Waals surface area contributed by atoms with Gasteiger partial charge in [-0.15, -0.1) is 0 Å². The zero-order valence-corrected chi connectivity index (χ0v) is 19.3. The molecule has 1 amide bonds. The third-order valence-corrected chi connectivity index (χ3v) is 5.85. The minimum atomic E-state index is -0.0568. The van der Waals surface area contributed by atoms with E-state index in [1.807, 2.05) is 12.1 Å². The Balaban J connectivity index is 1.29. The first kappa shape index (κ1) is 22.8. The molecule has 0 aliphatic heterocycles. The Morgan fingerprint density at radius 1 is 0.909 bits per heavy atom. The van der Waals surface area contributed by atoms with Gasteiger partial charge in [0.05, 0.1) is 11.0 Å². The molecule has 33 heavy (non-hydrogen) atoms. The Morgan fingerprint density at radius 3 is 2.48 bits per heavy atom. The van der Waals surface area contributed by atoms with E-state index in [-0.39, 0.29) is 5.91 Å². The summed E-state index contributed by atoms with van der Waals surface area (Å²) in [4.78, 5) is 17.1. The Morgan fingerprint density at radius 2 is 1.67 bits per heavy atom. The summed E-state index contributed by atoms with van der Waals surface area (Å²) in [6, 6.07) is 25.6. The van der Waals surface area contributed by atoms with E-state index in [0.29, 0.717) is 17.1 Å². The van der Waals surface area contributed by atoms with E-state index >= 15 is 0 Å². The van der Waals surface area contributed by atoms with Gasteiger partial charge in [0.2, 0.25) is 0 Å². The summed E-state index contributed by atoms with van der Waals surface area (Å²) in [6.45, 7) is 1.46. The number of allylic oxidation sites excluding steroid dienone is 1. The van der Waals surface area contributed by atoms with Gasteiger partial charge in [-0.1, -0.05) is 72.6 Å². The van der Waals surface area contributed by atoms with Crippen molar-refractivity contribution in [1.29, 1.82) is 0 Å². The lowest BCUT2D eigenvalue weighted by atomic mass is 10.1. The normalized spacial score (nSPS) is 11.3. The molecule has 3 aromatic carbocycles. The van der Waals surface area contributed by atoms with Crippen LogP contribution in [0.15, 0.2) is 84.9 Å². The molecule has 4 rings (SSSR count). The molecule has 0 fully saturated rings. The molecule has 0 saturated heterocycles. The summed E-state index contributed by atoms with van der Waals surface area (Å²) in [5.41, 5.74) is 4.04. The molecule has 1 aromatic heterocycles. The second-order valence-electron chi connectivity index (χ2n) is 8.01. The van der Waals surface area contributed by atoms with Crippen LogP contribution in [0.5, 0.6) is 0 Å². The lowest BCUT2D eigenvalue weighted by molar-refractivity contribution is 0.0953. The Bertz CT molecular complexity index is 1210. The molecule has 0 saturated carbocycles. The number of rotatable bonds is 10. The number of hydrogen-bond acceptors (Lipinski definition) is 2. The molecule has 0 spiro atoms. The van der Waals surface area contributed by atoms with Crippen LogP contribution in [0, 0.1) is 0 Å². The molecule has 168 valence electrons. The highest BCUT2D eigenvalue weighted by atomic mass is 35.5. The van der Waals surface area contributed by atoms with E-state index in [1.165, 1.54) is 11.1 Å². The number of nitrogens with one attached hydrogen (secondary N) is 1. The number of carbonyl (C=O) groups excluding carboxylic acids is 1. The largest absolute Gasteiger partial charge is 0.352 e. The third kappa shape index (κ3) is 6.33. The number of benzene rings is 3. The van der Waals surface area contributed by atoms with Crippen LogP contribution in [-0.4, -0.2) is 22.0 Å². The number of carbonyl (C=O) groups is 1. The highest BCUT2D eigenvalue weighted by Crippen LogP contribution is 2.18. The quantitative estimate of drug-likeness (QED) is 0.274. The van der Waals surface area contributed by atoms with Crippen molar-refractivity contribution >= 4 is 34.6 Å². The number of halogens is 1. The predicted octanol–water partition coefficient (Wildman–Crippen LogP) is 6.55. The molecule has 4 nitrogen and oxygen atoms in total. The number of para-hydroxylation sites is 2. The number of aromatic nitrogens is 2. The van der Waals surface area contributed by atoms with Crippen molar-refractivity contribution in [2.45, 2.75) is 32.2 Å². The minimum Gasteiger partial charge on any atom is -0.352 e. The maximum atomic E-state index is 12.2. The summed E-state index contributed by atoms with van der Waals surface area (Å²) < 4.78 is 2.30. The fraction of sp³-hybridized carbons (Fsp3) is 0.214. The maximum Gasteiger partial charge on any atom is 0.251 e. The second kappa shape index (κ2) is 11.5. The van der Waals surface area contributed by atoms with E-state index in [1.54, 1.807) is 24.3 Å². The molecule has 0 aliphatic rings.